The fraction of sp³-hybridized carbons (Fsp3) is 0.0714. The van der Waals surface area contributed by atoms with Gasteiger partial charge in [-0.05, 0) is 18.2 Å². The molecule has 3 rings (SSSR count). The SMILES string of the molecule is Nc1cnc2ccccc2c1NCc1cccnn1. The van der Waals surface area contributed by atoms with E-state index in [1.165, 1.54) is 0 Å². The fourth-order valence-corrected chi connectivity index (χ4v) is 1.96. The molecule has 0 atom stereocenters. The number of rotatable bonds is 3. The summed E-state index contributed by atoms with van der Waals surface area (Å²) in [4.78, 5) is 4.30. The van der Waals surface area contributed by atoms with Crippen molar-refractivity contribution >= 4 is 22.3 Å². The lowest BCUT2D eigenvalue weighted by Crippen LogP contribution is -2.05. The minimum Gasteiger partial charge on any atom is -0.396 e. The van der Waals surface area contributed by atoms with E-state index in [1.54, 1.807) is 12.4 Å². The molecule has 5 nitrogen and oxygen atoms in total. The van der Waals surface area contributed by atoms with Crippen molar-refractivity contribution in [2.45, 2.75) is 6.54 Å². The number of benzene rings is 1. The van der Waals surface area contributed by atoms with Crippen molar-refractivity contribution in [2.75, 3.05) is 11.1 Å². The first-order valence-electron chi connectivity index (χ1n) is 5.98. The Kier molecular flexibility index (Phi) is 2.94. The normalized spacial score (nSPS) is 10.5. The largest absolute Gasteiger partial charge is 0.396 e. The van der Waals surface area contributed by atoms with Crippen LogP contribution >= 0.6 is 0 Å². The third kappa shape index (κ3) is 2.30. The fourth-order valence-electron chi connectivity index (χ4n) is 1.96. The molecule has 0 amide bonds. The summed E-state index contributed by atoms with van der Waals surface area (Å²) in [6.07, 6.45) is 3.32. The van der Waals surface area contributed by atoms with E-state index < -0.39 is 0 Å². The third-order valence-electron chi connectivity index (χ3n) is 2.88. The summed E-state index contributed by atoms with van der Waals surface area (Å²) in [6.45, 7) is 0.575. The van der Waals surface area contributed by atoms with E-state index in [-0.39, 0.29) is 0 Å². The summed E-state index contributed by atoms with van der Waals surface area (Å²) in [5.41, 5.74) is 9.28. The summed E-state index contributed by atoms with van der Waals surface area (Å²) in [5, 5.41) is 12.2. The van der Waals surface area contributed by atoms with Gasteiger partial charge < -0.3 is 11.1 Å². The van der Waals surface area contributed by atoms with Gasteiger partial charge in [-0.2, -0.15) is 10.2 Å². The average molecular weight is 251 g/mol. The predicted molar refractivity (Wildman–Crippen MR) is 75.5 cm³/mol. The average Bonchev–Trinajstić information content (AvgIpc) is 2.47. The lowest BCUT2D eigenvalue weighted by atomic mass is 10.1. The van der Waals surface area contributed by atoms with Gasteiger partial charge in [-0.15, -0.1) is 0 Å². The van der Waals surface area contributed by atoms with Crippen LogP contribution in [-0.2, 0) is 6.54 Å². The third-order valence-corrected chi connectivity index (χ3v) is 2.88. The number of nitrogens with one attached hydrogen (secondary N) is 1. The molecule has 0 aliphatic carbocycles. The zero-order valence-corrected chi connectivity index (χ0v) is 10.2. The number of aromatic nitrogens is 3. The monoisotopic (exact) mass is 251 g/mol. The molecular formula is C14H13N5. The molecule has 3 N–H and O–H groups in total. The Bertz CT molecular complexity index is 697. The standard InChI is InChI=1S/C14H13N5/c15-12-9-16-13-6-2-1-5-11(13)14(12)17-8-10-4-3-7-18-19-10/h1-7,9H,8,15H2,(H,16,17). The molecule has 19 heavy (non-hydrogen) atoms. The first kappa shape index (κ1) is 11.4. The van der Waals surface area contributed by atoms with Gasteiger partial charge >= 0.3 is 0 Å². The van der Waals surface area contributed by atoms with Crippen LogP contribution in [0.25, 0.3) is 10.9 Å². The molecular weight excluding hydrogens is 238 g/mol. The quantitative estimate of drug-likeness (QED) is 0.746. The number of nitrogens with zero attached hydrogens (tertiary/aromatic N) is 3. The van der Waals surface area contributed by atoms with Crippen molar-refractivity contribution in [1.82, 2.24) is 15.2 Å². The maximum absolute atomic E-state index is 5.99. The van der Waals surface area contributed by atoms with E-state index in [2.05, 4.69) is 20.5 Å². The number of para-hydroxylation sites is 1. The maximum Gasteiger partial charge on any atom is 0.0821 e. The smallest absolute Gasteiger partial charge is 0.0821 e. The highest BCUT2D eigenvalue weighted by Crippen LogP contribution is 2.27. The van der Waals surface area contributed by atoms with Crippen LogP contribution in [0.3, 0.4) is 0 Å². The molecule has 0 aliphatic rings. The summed E-state index contributed by atoms with van der Waals surface area (Å²) in [6, 6.07) is 11.7. The molecule has 0 unspecified atom stereocenters. The second kappa shape index (κ2) is 4.89. The maximum atomic E-state index is 5.99. The predicted octanol–water partition coefficient (Wildman–Crippen LogP) is 2.22. The Morgan fingerprint density at radius 2 is 2.00 bits per heavy atom. The second-order valence-corrected chi connectivity index (χ2v) is 4.17. The minimum atomic E-state index is 0.575. The molecule has 0 fully saturated rings. The molecule has 2 heterocycles. The minimum absolute atomic E-state index is 0.575. The highest BCUT2D eigenvalue weighted by molar-refractivity contribution is 5.96. The van der Waals surface area contributed by atoms with Crippen molar-refractivity contribution in [3.05, 3.63) is 54.5 Å². The summed E-state index contributed by atoms with van der Waals surface area (Å²) in [5.74, 6) is 0. The summed E-state index contributed by atoms with van der Waals surface area (Å²) in [7, 11) is 0. The van der Waals surface area contributed by atoms with Crippen LogP contribution in [0.1, 0.15) is 5.69 Å². The van der Waals surface area contributed by atoms with Crippen molar-refractivity contribution in [3.63, 3.8) is 0 Å². The van der Waals surface area contributed by atoms with Crippen LogP contribution in [0.15, 0.2) is 48.8 Å². The van der Waals surface area contributed by atoms with Crippen LogP contribution in [-0.4, -0.2) is 15.2 Å². The number of fused-ring (bicyclic) bond motifs is 1. The molecule has 94 valence electrons. The molecule has 0 saturated carbocycles. The summed E-state index contributed by atoms with van der Waals surface area (Å²) >= 11 is 0. The number of nitrogens with two attached hydrogens (primary N) is 1. The lowest BCUT2D eigenvalue weighted by Gasteiger charge is -2.11. The van der Waals surface area contributed by atoms with Crippen molar-refractivity contribution in [3.8, 4) is 0 Å². The van der Waals surface area contributed by atoms with E-state index in [9.17, 15) is 0 Å². The topological polar surface area (TPSA) is 76.7 Å². The van der Waals surface area contributed by atoms with Crippen LogP contribution in [0.5, 0.6) is 0 Å². The van der Waals surface area contributed by atoms with Gasteiger partial charge in [0.1, 0.15) is 0 Å². The van der Waals surface area contributed by atoms with Crippen LogP contribution < -0.4 is 11.1 Å². The highest BCUT2D eigenvalue weighted by Gasteiger charge is 2.06. The Morgan fingerprint density at radius 3 is 2.84 bits per heavy atom. The van der Waals surface area contributed by atoms with E-state index in [0.717, 1.165) is 22.3 Å². The molecule has 5 heteroatoms. The molecule has 1 aromatic carbocycles. The molecule has 0 spiro atoms. The first-order valence-corrected chi connectivity index (χ1v) is 5.98. The Labute approximate surface area is 110 Å². The van der Waals surface area contributed by atoms with Crippen LogP contribution in [0.4, 0.5) is 11.4 Å². The summed E-state index contributed by atoms with van der Waals surface area (Å²) < 4.78 is 0. The van der Waals surface area contributed by atoms with Gasteiger partial charge in [0.05, 0.1) is 35.3 Å². The zero-order chi connectivity index (χ0) is 13.1. The molecule has 0 bridgehead atoms. The number of hydrogen-bond acceptors (Lipinski definition) is 5. The Hall–Kier alpha value is -2.69. The number of hydrogen-bond donors (Lipinski definition) is 2. The van der Waals surface area contributed by atoms with E-state index in [4.69, 9.17) is 5.73 Å². The van der Waals surface area contributed by atoms with Crippen molar-refractivity contribution < 1.29 is 0 Å². The van der Waals surface area contributed by atoms with Gasteiger partial charge in [0, 0.05) is 11.6 Å². The van der Waals surface area contributed by atoms with Crippen molar-refractivity contribution in [1.29, 1.82) is 0 Å². The number of nitrogen functional groups attached to an aromatic ring is 1. The highest BCUT2D eigenvalue weighted by atomic mass is 15.1. The first-order chi connectivity index (χ1) is 9.34. The second-order valence-electron chi connectivity index (χ2n) is 4.17. The molecule has 0 aliphatic heterocycles. The van der Waals surface area contributed by atoms with Crippen LogP contribution in [0.2, 0.25) is 0 Å². The zero-order valence-electron chi connectivity index (χ0n) is 10.2. The molecule has 2 aromatic heterocycles. The number of pyridine rings is 1. The van der Waals surface area contributed by atoms with E-state index in [0.29, 0.717) is 12.2 Å². The van der Waals surface area contributed by atoms with E-state index >= 15 is 0 Å². The Morgan fingerprint density at radius 1 is 1.11 bits per heavy atom. The number of anilines is 2. The van der Waals surface area contributed by atoms with Gasteiger partial charge in [0.15, 0.2) is 0 Å². The molecule has 0 saturated heterocycles. The Balaban J connectivity index is 1.94. The van der Waals surface area contributed by atoms with Crippen molar-refractivity contribution in [2.24, 2.45) is 0 Å². The van der Waals surface area contributed by atoms with Gasteiger partial charge in [0.25, 0.3) is 0 Å². The molecule has 0 radical (unpaired) electrons. The molecule has 3 aromatic rings. The van der Waals surface area contributed by atoms with Crippen LogP contribution in [0, 0.1) is 0 Å². The van der Waals surface area contributed by atoms with Gasteiger partial charge in [-0.3, -0.25) is 4.98 Å². The van der Waals surface area contributed by atoms with Gasteiger partial charge in [0.2, 0.25) is 0 Å². The van der Waals surface area contributed by atoms with Gasteiger partial charge in [-0.25, -0.2) is 0 Å². The van der Waals surface area contributed by atoms with E-state index in [1.807, 2.05) is 36.4 Å². The lowest BCUT2D eigenvalue weighted by molar-refractivity contribution is 0.926. The van der Waals surface area contributed by atoms with Gasteiger partial charge in [-0.1, -0.05) is 18.2 Å².